The highest BCUT2D eigenvalue weighted by Gasteiger charge is 2.16. The third-order valence-corrected chi connectivity index (χ3v) is 3.67. The van der Waals surface area contributed by atoms with E-state index in [-0.39, 0.29) is 5.91 Å². The molecule has 0 saturated carbocycles. The highest BCUT2D eigenvalue weighted by atomic mass is 79.9. The monoisotopic (exact) mass is 347 g/mol. The van der Waals surface area contributed by atoms with Gasteiger partial charge in [0.15, 0.2) is 6.10 Å². The van der Waals surface area contributed by atoms with E-state index < -0.39 is 6.10 Å². The molecule has 0 aliphatic heterocycles. The summed E-state index contributed by atoms with van der Waals surface area (Å²) in [4.78, 5) is 12.2. The van der Waals surface area contributed by atoms with Crippen molar-refractivity contribution in [3.63, 3.8) is 0 Å². The molecule has 2 rings (SSSR count). The molecular weight excluding hydrogens is 330 g/mol. The van der Waals surface area contributed by atoms with Crippen LogP contribution in [0, 0.1) is 13.8 Å². The smallest absolute Gasteiger partial charge is 0.265 e. The lowest BCUT2D eigenvalue weighted by molar-refractivity contribution is -0.122. The molecule has 2 aromatic carbocycles. The van der Waals surface area contributed by atoms with E-state index in [2.05, 4.69) is 21.2 Å². The lowest BCUT2D eigenvalue weighted by atomic mass is 10.2. The van der Waals surface area contributed by atoms with Gasteiger partial charge in [-0.1, -0.05) is 18.2 Å². The molecule has 0 aliphatic carbocycles. The van der Waals surface area contributed by atoms with Gasteiger partial charge in [0.2, 0.25) is 0 Å². The number of hydrogen-bond donors (Lipinski definition) is 1. The number of carbonyl (C=O) groups is 1. The van der Waals surface area contributed by atoms with E-state index in [0.29, 0.717) is 5.75 Å². The normalized spacial score (nSPS) is 11.8. The second kappa shape index (κ2) is 6.76. The van der Waals surface area contributed by atoms with Crippen LogP contribution in [0.4, 0.5) is 5.69 Å². The molecule has 0 heterocycles. The molecule has 1 unspecified atom stereocenters. The van der Waals surface area contributed by atoms with Crippen LogP contribution in [-0.2, 0) is 4.79 Å². The molecule has 110 valence electrons. The number of carbonyl (C=O) groups excluding carboxylic acids is 1. The van der Waals surface area contributed by atoms with E-state index in [1.54, 1.807) is 6.92 Å². The summed E-state index contributed by atoms with van der Waals surface area (Å²) >= 11 is 3.44. The van der Waals surface area contributed by atoms with Crippen molar-refractivity contribution in [3.05, 3.63) is 58.1 Å². The van der Waals surface area contributed by atoms with Crippen LogP contribution in [0.5, 0.6) is 5.75 Å². The number of aryl methyl sites for hydroxylation is 2. The Labute approximate surface area is 133 Å². The van der Waals surface area contributed by atoms with Crippen LogP contribution in [0.15, 0.2) is 46.9 Å². The number of amides is 1. The summed E-state index contributed by atoms with van der Waals surface area (Å²) in [6, 6.07) is 13.4. The zero-order chi connectivity index (χ0) is 15.4. The van der Waals surface area contributed by atoms with Crippen molar-refractivity contribution in [2.24, 2.45) is 0 Å². The maximum Gasteiger partial charge on any atom is 0.265 e. The Morgan fingerprint density at radius 1 is 1.14 bits per heavy atom. The summed E-state index contributed by atoms with van der Waals surface area (Å²) in [5, 5.41) is 2.85. The third-order valence-electron chi connectivity index (χ3n) is 3.05. The molecular formula is C17H18BrNO2. The number of anilines is 1. The summed E-state index contributed by atoms with van der Waals surface area (Å²) in [5.74, 6) is 0.487. The Morgan fingerprint density at radius 3 is 2.52 bits per heavy atom. The second-order valence-corrected chi connectivity index (χ2v) is 5.91. The third kappa shape index (κ3) is 4.33. The number of nitrogens with one attached hydrogen (secondary N) is 1. The van der Waals surface area contributed by atoms with Gasteiger partial charge in [0.25, 0.3) is 5.91 Å². The van der Waals surface area contributed by atoms with Gasteiger partial charge in [0, 0.05) is 5.69 Å². The molecule has 1 N–H and O–H groups in total. The standard InChI is InChI=1S/C17H18BrNO2/c1-11-5-4-6-14(9-11)19-17(20)13(3)21-16-8-7-12(2)10-15(16)18/h4-10,13H,1-3H3,(H,19,20). The van der Waals surface area contributed by atoms with Crippen LogP contribution in [0.3, 0.4) is 0 Å². The predicted octanol–water partition coefficient (Wildman–Crippen LogP) is 4.47. The predicted molar refractivity (Wildman–Crippen MR) is 88.8 cm³/mol. The average Bonchev–Trinajstić information content (AvgIpc) is 2.41. The minimum absolute atomic E-state index is 0.173. The summed E-state index contributed by atoms with van der Waals surface area (Å²) in [6.07, 6.45) is -0.579. The minimum atomic E-state index is -0.579. The number of halogens is 1. The van der Waals surface area contributed by atoms with E-state index in [9.17, 15) is 4.79 Å². The van der Waals surface area contributed by atoms with Gasteiger partial charge in [-0.25, -0.2) is 0 Å². The maximum absolute atomic E-state index is 12.2. The van der Waals surface area contributed by atoms with Gasteiger partial charge in [-0.2, -0.15) is 0 Å². The van der Waals surface area contributed by atoms with E-state index in [1.807, 2.05) is 56.3 Å². The average molecular weight is 348 g/mol. The molecule has 21 heavy (non-hydrogen) atoms. The van der Waals surface area contributed by atoms with Crippen LogP contribution >= 0.6 is 15.9 Å². The fraction of sp³-hybridized carbons (Fsp3) is 0.235. The minimum Gasteiger partial charge on any atom is -0.480 e. The maximum atomic E-state index is 12.2. The Hall–Kier alpha value is -1.81. The van der Waals surface area contributed by atoms with Crippen molar-refractivity contribution < 1.29 is 9.53 Å². The first-order chi connectivity index (χ1) is 9.95. The van der Waals surface area contributed by atoms with Gasteiger partial charge in [0.05, 0.1) is 4.47 Å². The van der Waals surface area contributed by atoms with Crippen molar-refractivity contribution >= 4 is 27.5 Å². The van der Waals surface area contributed by atoms with Crippen LogP contribution < -0.4 is 10.1 Å². The molecule has 0 saturated heterocycles. The fourth-order valence-corrected chi connectivity index (χ4v) is 2.50. The molecule has 0 bridgehead atoms. The lowest BCUT2D eigenvalue weighted by Gasteiger charge is -2.16. The van der Waals surface area contributed by atoms with Crippen molar-refractivity contribution in [2.75, 3.05) is 5.32 Å². The first-order valence-electron chi connectivity index (χ1n) is 6.76. The van der Waals surface area contributed by atoms with Crippen LogP contribution in [0.2, 0.25) is 0 Å². The molecule has 1 amide bonds. The summed E-state index contributed by atoms with van der Waals surface area (Å²) in [5.41, 5.74) is 3.01. The van der Waals surface area contributed by atoms with Crippen LogP contribution in [0.25, 0.3) is 0 Å². The zero-order valence-electron chi connectivity index (χ0n) is 12.3. The van der Waals surface area contributed by atoms with E-state index in [4.69, 9.17) is 4.74 Å². The largest absolute Gasteiger partial charge is 0.480 e. The van der Waals surface area contributed by atoms with Gasteiger partial charge in [-0.15, -0.1) is 0 Å². The number of hydrogen-bond acceptors (Lipinski definition) is 2. The Morgan fingerprint density at radius 2 is 1.86 bits per heavy atom. The van der Waals surface area contributed by atoms with E-state index >= 15 is 0 Å². The number of benzene rings is 2. The molecule has 0 aromatic heterocycles. The molecule has 4 heteroatoms. The molecule has 0 fully saturated rings. The van der Waals surface area contributed by atoms with Crippen molar-refractivity contribution in [1.82, 2.24) is 0 Å². The summed E-state index contributed by atoms with van der Waals surface area (Å²) < 4.78 is 6.55. The van der Waals surface area contributed by atoms with Crippen LogP contribution in [0.1, 0.15) is 18.1 Å². The first kappa shape index (κ1) is 15.6. The fourth-order valence-electron chi connectivity index (χ4n) is 1.91. The highest BCUT2D eigenvalue weighted by Crippen LogP contribution is 2.26. The quantitative estimate of drug-likeness (QED) is 0.885. The number of rotatable bonds is 4. The first-order valence-corrected chi connectivity index (χ1v) is 7.55. The van der Waals surface area contributed by atoms with Crippen molar-refractivity contribution in [2.45, 2.75) is 26.9 Å². The molecule has 0 radical (unpaired) electrons. The van der Waals surface area contributed by atoms with Crippen LogP contribution in [-0.4, -0.2) is 12.0 Å². The Balaban J connectivity index is 2.02. The zero-order valence-corrected chi connectivity index (χ0v) is 13.9. The summed E-state index contributed by atoms with van der Waals surface area (Å²) in [6.45, 7) is 5.72. The number of ether oxygens (including phenoxy) is 1. The van der Waals surface area contributed by atoms with Gasteiger partial charge >= 0.3 is 0 Å². The van der Waals surface area contributed by atoms with Gasteiger partial charge < -0.3 is 10.1 Å². The van der Waals surface area contributed by atoms with E-state index in [1.165, 1.54) is 0 Å². The topological polar surface area (TPSA) is 38.3 Å². The van der Waals surface area contributed by atoms with E-state index in [0.717, 1.165) is 21.3 Å². The van der Waals surface area contributed by atoms with Gasteiger partial charge in [-0.3, -0.25) is 4.79 Å². The molecule has 0 spiro atoms. The lowest BCUT2D eigenvalue weighted by Crippen LogP contribution is -2.30. The molecule has 2 aromatic rings. The van der Waals surface area contributed by atoms with Gasteiger partial charge in [-0.05, 0) is 72.1 Å². The highest BCUT2D eigenvalue weighted by molar-refractivity contribution is 9.10. The van der Waals surface area contributed by atoms with Crippen molar-refractivity contribution in [3.8, 4) is 5.75 Å². The molecule has 0 aliphatic rings. The summed E-state index contributed by atoms with van der Waals surface area (Å²) in [7, 11) is 0. The molecule has 1 atom stereocenters. The molecule has 3 nitrogen and oxygen atoms in total. The second-order valence-electron chi connectivity index (χ2n) is 5.05. The SMILES string of the molecule is Cc1cccc(NC(=O)C(C)Oc2ccc(C)cc2Br)c1. The van der Waals surface area contributed by atoms with Crippen molar-refractivity contribution in [1.29, 1.82) is 0 Å². The Kier molecular flexibility index (Phi) is 5.02. The Bertz CT molecular complexity index is 655. The van der Waals surface area contributed by atoms with Gasteiger partial charge in [0.1, 0.15) is 5.75 Å².